The van der Waals surface area contributed by atoms with Gasteiger partial charge in [-0.1, -0.05) is 81.6 Å². The average molecular weight is 850 g/mol. The molecular formula is C46H59N9O7. The van der Waals surface area contributed by atoms with Gasteiger partial charge in [0.15, 0.2) is 5.96 Å². The summed E-state index contributed by atoms with van der Waals surface area (Å²) in [5, 5.41) is 23.6. The van der Waals surface area contributed by atoms with Gasteiger partial charge in [0.1, 0.15) is 30.2 Å². The molecule has 1 aliphatic carbocycles. The minimum atomic E-state index is -1.32. The first-order valence-corrected chi connectivity index (χ1v) is 21.5. The molecule has 62 heavy (non-hydrogen) atoms. The zero-order valence-corrected chi connectivity index (χ0v) is 35.6. The number of carboxylic acid groups (broad SMARTS) is 1. The maximum Gasteiger partial charge on any atom is 0.326 e. The third kappa shape index (κ3) is 11.1. The van der Waals surface area contributed by atoms with E-state index >= 15 is 0 Å². The Bertz CT molecular complexity index is 2310. The third-order valence-corrected chi connectivity index (χ3v) is 12.0. The molecule has 0 bridgehead atoms. The number of aliphatic imine (C=N–C) groups is 1. The minimum Gasteiger partial charge on any atom is -0.480 e. The number of rotatable bonds is 17. The third-order valence-electron chi connectivity index (χ3n) is 12.0. The molecule has 1 fully saturated rings. The fraction of sp³-hybridized carbons (Fsp3) is 0.457. The van der Waals surface area contributed by atoms with Crippen LogP contribution >= 0.6 is 0 Å². The molecule has 5 amide bonds. The number of carbonyl (C=O) groups excluding carboxylic acids is 5. The van der Waals surface area contributed by atoms with Gasteiger partial charge in [0.25, 0.3) is 0 Å². The standard InChI is InChI=1S/C46H59N9O7/c1-26(2)39(50-27(3)56)42(58)54-40(29-12-5-4-6-13-29)43(59)52-36(18-11-21-49-46(47)48)44(60)55-25-31-15-8-7-14-30(31)24-38(55)41(57)53-37(45(61)62)23-28-19-20-35-33(22-28)32-16-9-10-17-34(32)51-35/h7-10,14-17,19-20,22,26,29,36-40,51H,4-6,11-13,18,21,23-25H2,1-3H3,(H,50,56)(H,52,59)(H,53,57)(H,54,58)(H,61,62)(H4,47,48,49)/t36-,37-,38-,39-,40?/m0/s1. The molecule has 0 spiro atoms. The van der Waals surface area contributed by atoms with Gasteiger partial charge in [-0.15, -0.1) is 0 Å². The van der Waals surface area contributed by atoms with Crippen molar-refractivity contribution in [3.8, 4) is 0 Å². The van der Waals surface area contributed by atoms with Gasteiger partial charge in [-0.3, -0.25) is 29.0 Å². The number of benzene rings is 3. The molecule has 1 saturated carbocycles. The summed E-state index contributed by atoms with van der Waals surface area (Å²) < 4.78 is 0. The van der Waals surface area contributed by atoms with Crippen molar-refractivity contribution in [2.45, 2.75) is 115 Å². The van der Waals surface area contributed by atoms with Crippen molar-refractivity contribution >= 4 is 63.3 Å². The number of aromatic amines is 1. The Hall–Kier alpha value is -6.45. The van der Waals surface area contributed by atoms with Crippen LogP contribution in [0.15, 0.2) is 71.7 Å². The van der Waals surface area contributed by atoms with E-state index in [1.54, 1.807) is 13.8 Å². The Morgan fingerprint density at radius 1 is 0.823 bits per heavy atom. The molecule has 6 rings (SSSR count). The Kier molecular flexibility index (Phi) is 14.8. The summed E-state index contributed by atoms with van der Waals surface area (Å²) >= 11 is 0. The second-order valence-corrected chi connectivity index (χ2v) is 16.9. The van der Waals surface area contributed by atoms with Crippen LogP contribution < -0.4 is 32.7 Å². The molecule has 330 valence electrons. The van der Waals surface area contributed by atoms with Gasteiger partial charge in [0.2, 0.25) is 29.5 Å². The van der Waals surface area contributed by atoms with Crippen molar-refractivity contribution < 1.29 is 33.9 Å². The number of guanidine groups is 1. The lowest BCUT2D eigenvalue weighted by Crippen LogP contribution is -2.62. The number of nitrogens with zero attached hydrogens (tertiary/aromatic N) is 2. The molecule has 0 radical (unpaired) electrons. The van der Waals surface area contributed by atoms with E-state index in [9.17, 15) is 33.9 Å². The summed E-state index contributed by atoms with van der Waals surface area (Å²) in [5.41, 5.74) is 15.4. The molecular weight excluding hydrogens is 791 g/mol. The summed E-state index contributed by atoms with van der Waals surface area (Å²) in [4.78, 5) is 91.1. The summed E-state index contributed by atoms with van der Waals surface area (Å²) in [6, 6.07) is 15.4. The Labute approximate surface area is 361 Å². The van der Waals surface area contributed by atoms with Crippen LogP contribution in [0, 0.1) is 11.8 Å². The SMILES string of the molecule is CC(=O)N[C@H](C(=O)NC(C(=O)N[C@@H](CCCN=C(N)N)C(=O)N1Cc2ccccc2C[C@H]1C(=O)N[C@@H](Cc1ccc2[nH]c3ccccc3c2c1)C(=O)O)C1CCCCC1)C(C)C. The number of nitrogens with one attached hydrogen (secondary N) is 5. The number of aromatic nitrogens is 1. The maximum absolute atomic E-state index is 14.9. The van der Waals surface area contributed by atoms with Crippen LogP contribution in [-0.2, 0) is 48.2 Å². The quantitative estimate of drug-likeness (QED) is 0.0441. The lowest BCUT2D eigenvalue weighted by Gasteiger charge is -2.39. The summed E-state index contributed by atoms with van der Waals surface area (Å²) in [6.45, 7) is 5.11. The van der Waals surface area contributed by atoms with Crippen LogP contribution in [0.2, 0.25) is 0 Å². The lowest BCUT2D eigenvalue weighted by atomic mass is 9.83. The fourth-order valence-electron chi connectivity index (χ4n) is 8.80. The first-order chi connectivity index (χ1) is 29.7. The van der Waals surface area contributed by atoms with Crippen LogP contribution in [0.3, 0.4) is 0 Å². The highest BCUT2D eigenvalue weighted by molar-refractivity contribution is 6.07. The van der Waals surface area contributed by atoms with Crippen molar-refractivity contribution in [1.82, 2.24) is 31.2 Å². The van der Waals surface area contributed by atoms with E-state index in [0.29, 0.717) is 18.4 Å². The van der Waals surface area contributed by atoms with E-state index in [2.05, 4.69) is 31.2 Å². The lowest BCUT2D eigenvalue weighted by molar-refractivity contribution is -0.147. The molecule has 3 aromatic carbocycles. The molecule has 2 heterocycles. The van der Waals surface area contributed by atoms with E-state index in [1.807, 2.05) is 66.7 Å². The number of fused-ring (bicyclic) bond motifs is 4. The number of carboxylic acids is 1. The molecule has 2 aliphatic rings. The molecule has 1 unspecified atom stereocenters. The van der Waals surface area contributed by atoms with Crippen molar-refractivity contribution in [1.29, 1.82) is 0 Å². The normalized spacial score (nSPS) is 17.3. The van der Waals surface area contributed by atoms with Gasteiger partial charge in [-0.2, -0.15) is 0 Å². The predicted molar refractivity (Wildman–Crippen MR) is 236 cm³/mol. The van der Waals surface area contributed by atoms with E-state index in [1.165, 1.54) is 11.8 Å². The molecule has 0 saturated heterocycles. The van der Waals surface area contributed by atoms with Gasteiger partial charge in [0.05, 0.1) is 0 Å². The van der Waals surface area contributed by atoms with E-state index in [0.717, 1.165) is 52.2 Å². The second-order valence-electron chi connectivity index (χ2n) is 16.9. The van der Waals surface area contributed by atoms with Crippen molar-refractivity contribution in [2.75, 3.05) is 6.54 Å². The molecule has 4 aromatic rings. The smallest absolute Gasteiger partial charge is 0.326 e. The molecule has 1 aromatic heterocycles. The number of nitrogens with two attached hydrogens (primary N) is 2. The number of aliphatic carboxylic acids is 1. The van der Waals surface area contributed by atoms with E-state index in [4.69, 9.17) is 11.5 Å². The van der Waals surface area contributed by atoms with Crippen LogP contribution in [0.25, 0.3) is 21.8 Å². The van der Waals surface area contributed by atoms with Gasteiger partial charge in [-0.25, -0.2) is 4.79 Å². The summed E-state index contributed by atoms with van der Waals surface area (Å²) in [7, 11) is 0. The molecule has 10 N–H and O–H groups in total. The van der Waals surface area contributed by atoms with Crippen molar-refractivity contribution in [3.63, 3.8) is 0 Å². The van der Waals surface area contributed by atoms with Gasteiger partial charge in [-0.05, 0) is 72.4 Å². The molecule has 16 nitrogen and oxygen atoms in total. The number of hydrogen-bond donors (Lipinski definition) is 8. The van der Waals surface area contributed by atoms with Gasteiger partial charge in [0, 0.05) is 54.7 Å². The molecule has 16 heteroatoms. The number of hydrogen-bond acceptors (Lipinski definition) is 7. The van der Waals surface area contributed by atoms with E-state index < -0.39 is 59.8 Å². The van der Waals surface area contributed by atoms with Crippen LogP contribution in [0.1, 0.15) is 82.4 Å². The zero-order chi connectivity index (χ0) is 44.5. The number of amides is 5. The Balaban J connectivity index is 1.27. The Morgan fingerprint density at radius 3 is 2.21 bits per heavy atom. The van der Waals surface area contributed by atoms with Crippen LogP contribution in [-0.4, -0.2) is 93.2 Å². The largest absolute Gasteiger partial charge is 0.480 e. The number of H-pyrrole nitrogens is 1. The van der Waals surface area contributed by atoms with Crippen LogP contribution in [0.5, 0.6) is 0 Å². The molecule has 5 atom stereocenters. The Morgan fingerprint density at radius 2 is 1.52 bits per heavy atom. The minimum absolute atomic E-state index is 0.00880. The zero-order valence-electron chi connectivity index (χ0n) is 35.6. The first-order valence-electron chi connectivity index (χ1n) is 21.5. The monoisotopic (exact) mass is 849 g/mol. The highest BCUT2D eigenvalue weighted by Crippen LogP contribution is 2.29. The highest BCUT2D eigenvalue weighted by Gasteiger charge is 2.41. The van der Waals surface area contributed by atoms with Gasteiger partial charge >= 0.3 is 5.97 Å². The van der Waals surface area contributed by atoms with Crippen molar-refractivity contribution in [3.05, 3.63) is 83.4 Å². The highest BCUT2D eigenvalue weighted by atomic mass is 16.4. The summed E-state index contributed by atoms with van der Waals surface area (Å²) in [6.07, 6.45) is 4.56. The second kappa shape index (κ2) is 20.4. The van der Waals surface area contributed by atoms with Crippen molar-refractivity contribution in [2.24, 2.45) is 28.3 Å². The molecule has 1 aliphatic heterocycles. The number of para-hydroxylation sites is 1. The number of carbonyl (C=O) groups is 6. The average Bonchev–Trinajstić information content (AvgIpc) is 3.62. The summed E-state index contributed by atoms with van der Waals surface area (Å²) in [5.74, 6) is -4.51. The van der Waals surface area contributed by atoms with E-state index in [-0.39, 0.29) is 62.5 Å². The van der Waals surface area contributed by atoms with Crippen LogP contribution in [0.4, 0.5) is 0 Å². The first kappa shape index (κ1) is 45.1. The topological polar surface area (TPSA) is 254 Å². The predicted octanol–water partition coefficient (Wildman–Crippen LogP) is 3.15. The maximum atomic E-state index is 14.9. The fourth-order valence-corrected chi connectivity index (χ4v) is 8.80. The van der Waals surface area contributed by atoms with Gasteiger partial charge < -0.3 is 47.7 Å².